The van der Waals surface area contributed by atoms with E-state index in [4.69, 9.17) is 4.74 Å². The van der Waals surface area contributed by atoms with Crippen LogP contribution in [0.2, 0.25) is 0 Å². The van der Waals surface area contributed by atoms with E-state index in [9.17, 15) is 24.5 Å². The van der Waals surface area contributed by atoms with Gasteiger partial charge in [0.1, 0.15) is 5.60 Å². The maximum Gasteiger partial charge on any atom is 0.326 e. The van der Waals surface area contributed by atoms with E-state index >= 15 is 0 Å². The van der Waals surface area contributed by atoms with Gasteiger partial charge in [-0.1, -0.05) is 0 Å². The maximum absolute atomic E-state index is 12.2. The molecule has 122 valence electrons. The molecular weight excluding hydrogens is 292 g/mol. The molecule has 2 aliphatic rings. The summed E-state index contributed by atoms with van der Waals surface area (Å²) in [5.74, 6) is -3.48. The molecule has 1 heterocycles. The van der Waals surface area contributed by atoms with E-state index in [0.717, 1.165) is 0 Å². The van der Waals surface area contributed by atoms with E-state index in [0.29, 0.717) is 19.3 Å². The van der Waals surface area contributed by atoms with Crippen molar-refractivity contribution in [3.05, 3.63) is 10.1 Å². The zero-order valence-corrected chi connectivity index (χ0v) is 12.7. The van der Waals surface area contributed by atoms with Crippen LogP contribution in [-0.4, -0.2) is 40.3 Å². The lowest BCUT2D eigenvalue weighted by molar-refractivity contribution is -0.526. The number of carbonyl (C=O) groups is 3. The number of rotatable bonds is 3. The Morgan fingerprint density at radius 2 is 2.05 bits per heavy atom. The lowest BCUT2D eigenvalue weighted by Crippen LogP contribution is -2.52. The number of esters is 1. The molecular formula is C14H20N2O6. The van der Waals surface area contributed by atoms with Gasteiger partial charge in [0.15, 0.2) is 11.7 Å². The Labute approximate surface area is 127 Å². The van der Waals surface area contributed by atoms with Gasteiger partial charge < -0.3 is 10.1 Å². The maximum atomic E-state index is 12.2. The van der Waals surface area contributed by atoms with Crippen molar-refractivity contribution in [1.82, 2.24) is 5.32 Å². The molecule has 8 heteroatoms. The van der Waals surface area contributed by atoms with Gasteiger partial charge in [-0.15, -0.1) is 0 Å². The summed E-state index contributed by atoms with van der Waals surface area (Å²) >= 11 is 0. The first-order valence-corrected chi connectivity index (χ1v) is 7.39. The minimum Gasteiger partial charge on any atom is -0.458 e. The molecule has 0 aromatic rings. The SMILES string of the molecule is CC1(C)CC(=O)C(C(=O)NC2CCCC([N+](=O)[O-])C2)C(=O)O1. The fourth-order valence-electron chi connectivity index (χ4n) is 3.04. The van der Waals surface area contributed by atoms with Gasteiger partial charge in [0.05, 0.1) is 0 Å². The molecule has 0 radical (unpaired) electrons. The van der Waals surface area contributed by atoms with E-state index in [2.05, 4.69) is 5.32 Å². The molecule has 1 amide bonds. The lowest BCUT2D eigenvalue weighted by Gasteiger charge is -2.33. The topological polar surface area (TPSA) is 116 Å². The summed E-state index contributed by atoms with van der Waals surface area (Å²) in [7, 11) is 0. The van der Waals surface area contributed by atoms with Crippen molar-refractivity contribution in [3.8, 4) is 0 Å². The lowest BCUT2D eigenvalue weighted by atomic mass is 9.87. The average molecular weight is 312 g/mol. The normalized spacial score (nSPS) is 31.3. The van der Waals surface area contributed by atoms with Crippen molar-refractivity contribution in [2.45, 2.75) is 63.6 Å². The summed E-state index contributed by atoms with van der Waals surface area (Å²) < 4.78 is 5.10. The summed E-state index contributed by atoms with van der Waals surface area (Å²) in [6.07, 6.45) is 1.93. The van der Waals surface area contributed by atoms with Gasteiger partial charge >= 0.3 is 5.97 Å². The van der Waals surface area contributed by atoms with Crippen molar-refractivity contribution < 1.29 is 24.0 Å². The van der Waals surface area contributed by atoms with E-state index < -0.39 is 35.2 Å². The van der Waals surface area contributed by atoms with E-state index in [1.54, 1.807) is 13.8 Å². The Balaban J connectivity index is 1.98. The van der Waals surface area contributed by atoms with Gasteiger partial charge in [0.2, 0.25) is 11.9 Å². The summed E-state index contributed by atoms with van der Waals surface area (Å²) in [5.41, 5.74) is -0.896. The van der Waals surface area contributed by atoms with Gasteiger partial charge in [-0.05, 0) is 26.7 Å². The zero-order chi connectivity index (χ0) is 16.5. The first-order chi connectivity index (χ1) is 10.2. The van der Waals surface area contributed by atoms with E-state index in [1.807, 2.05) is 0 Å². The number of hydrogen-bond acceptors (Lipinski definition) is 6. The van der Waals surface area contributed by atoms with Crippen molar-refractivity contribution in [3.63, 3.8) is 0 Å². The molecule has 2 rings (SSSR count). The highest BCUT2D eigenvalue weighted by Crippen LogP contribution is 2.27. The Hall–Kier alpha value is -1.99. The molecule has 1 saturated heterocycles. The van der Waals surface area contributed by atoms with Gasteiger partial charge in [-0.2, -0.15) is 0 Å². The van der Waals surface area contributed by atoms with Crippen LogP contribution in [0.15, 0.2) is 0 Å². The Bertz CT molecular complexity index is 495. The molecule has 1 aliphatic carbocycles. The van der Waals surface area contributed by atoms with Crippen LogP contribution >= 0.6 is 0 Å². The second kappa shape index (κ2) is 6.02. The molecule has 0 aromatic heterocycles. The fourth-order valence-corrected chi connectivity index (χ4v) is 3.04. The molecule has 22 heavy (non-hydrogen) atoms. The van der Waals surface area contributed by atoms with Crippen molar-refractivity contribution in [2.75, 3.05) is 0 Å². The standard InChI is InChI=1S/C14H20N2O6/c1-14(2)7-10(17)11(13(19)22-14)12(18)15-8-4-3-5-9(6-8)16(20)21/h8-9,11H,3-7H2,1-2H3,(H,15,18). The van der Waals surface area contributed by atoms with Crippen LogP contribution in [0, 0.1) is 16.0 Å². The third-order valence-corrected chi connectivity index (χ3v) is 4.09. The van der Waals surface area contributed by atoms with Crippen LogP contribution < -0.4 is 5.32 Å². The minimum atomic E-state index is -1.45. The molecule has 3 unspecified atom stereocenters. The van der Waals surface area contributed by atoms with Crippen molar-refractivity contribution in [2.24, 2.45) is 5.92 Å². The summed E-state index contributed by atoms with van der Waals surface area (Å²) in [4.78, 5) is 46.5. The second-order valence-electron chi connectivity index (χ2n) is 6.57. The number of cyclic esters (lactones) is 1. The predicted molar refractivity (Wildman–Crippen MR) is 74.5 cm³/mol. The highest BCUT2D eigenvalue weighted by Gasteiger charge is 2.46. The number of nitrogens with one attached hydrogen (secondary N) is 1. The largest absolute Gasteiger partial charge is 0.458 e. The Morgan fingerprint density at radius 3 is 2.64 bits per heavy atom. The first kappa shape index (κ1) is 16.4. The van der Waals surface area contributed by atoms with Crippen LogP contribution in [0.1, 0.15) is 46.0 Å². The second-order valence-corrected chi connectivity index (χ2v) is 6.57. The van der Waals surface area contributed by atoms with Crippen molar-refractivity contribution >= 4 is 17.7 Å². The van der Waals surface area contributed by atoms with Gasteiger partial charge in [-0.25, -0.2) is 0 Å². The summed E-state index contributed by atoms with van der Waals surface area (Å²) in [6, 6.07) is -1.07. The molecule has 0 aromatic carbocycles. The smallest absolute Gasteiger partial charge is 0.326 e. The number of amides is 1. The Morgan fingerprint density at radius 1 is 1.36 bits per heavy atom. The van der Waals surface area contributed by atoms with E-state index in [1.165, 1.54) is 0 Å². The first-order valence-electron chi connectivity index (χ1n) is 7.39. The van der Waals surface area contributed by atoms with Crippen LogP contribution in [0.25, 0.3) is 0 Å². The number of nitro groups is 1. The molecule has 0 bridgehead atoms. The molecule has 2 fully saturated rings. The quantitative estimate of drug-likeness (QED) is 0.353. The summed E-state index contributed by atoms with van der Waals surface area (Å²) in [5, 5.41) is 13.4. The zero-order valence-electron chi connectivity index (χ0n) is 12.7. The number of ketones is 1. The minimum absolute atomic E-state index is 0.0149. The van der Waals surface area contributed by atoms with Crippen LogP contribution in [-0.2, 0) is 19.1 Å². The summed E-state index contributed by atoms with van der Waals surface area (Å²) in [6.45, 7) is 3.22. The number of ether oxygens (including phenoxy) is 1. The predicted octanol–water partition coefficient (Wildman–Crippen LogP) is 0.601. The monoisotopic (exact) mass is 312 g/mol. The molecule has 1 aliphatic heterocycles. The van der Waals surface area contributed by atoms with Crippen molar-refractivity contribution in [1.29, 1.82) is 0 Å². The van der Waals surface area contributed by atoms with Gasteiger partial charge in [0, 0.05) is 30.2 Å². The number of carbonyl (C=O) groups excluding carboxylic acids is 3. The number of hydrogen-bond donors (Lipinski definition) is 1. The average Bonchev–Trinajstić information content (AvgIpc) is 2.36. The highest BCUT2D eigenvalue weighted by atomic mass is 16.6. The van der Waals surface area contributed by atoms with Crippen LogP contribution in [0.4, 0.5) is 0 Å². The number of Topliss-reactive ketones (excluding diaryl/α,β-unsaturated/α-hetero) is 1. The fraction of sp³-hybridized carbons (Fsp3) is 0.786. The number of nitrogens with zero attached hydrogens (tertiary/aromatic N) is 1. The van der Waals surface area contributed by atoms with Gasteiger partial charge in [0.25, 0.3) is 0 Å². The van der Waals surface area contributed by atoms with Crippen LogP contribution in [0.3, 0.4) is 0 Å². The third kappa shape index (κ3) is 3.61. The molecule has 3 atom stereocenters. The molecule has 1 N–H and O–H groups in total. The molecule has 8 nitrogen and oxygen atoms in total. The van der Waals surface area contributed by atoms with E-state index in [-0.39, 0.29) is 23.8 Å². The highest BCUT2D eigenvalue weighted by molar-refractivity contribution is 6.18. The van der Waals surface area contributed by atoms with Crippen LogP contribution in [0.5, 0.6) is 0 Å². The molecule has 0 spiro atoms. The Kier molecular flexibility index (Phi) is 4.48. The van der Waals surface area contributed by atoms with Gasteiger partial charge in [-0.3, -0.25) is 24.5 Å². The third-order valence-electron chi connectivity index (χ3n) is 4.09. The molecule has 1 saturated carbocycles.